The lowest BCUT2D eigenvalue weighted by molar-refractivity contribution is 0.120. The van der Waals surface area contributed by atoms with E-state index in [-0.39, 0.29) is 0 Å². The van der Waals surface area contributed by atoms with E-state index in [1.807, 2.05) is 13.0 Å². The van der Waals surface area contributed by atoms with E-state index in [4.69, 9.17) is 10.5 Å². The summed E-state index contributed by atoms with van der Waals surface area (Å²) in [5.74, 6) is 0.827. The molecule has 0 bridgehead atoms. The zero-order chi connectivity index (χ0) is 10.7. The Balaban J connectivity index is 1.90. The van der Waals surface area contributed by atoms with Crippen LogP contribution in [-0.2, 0) is 4.74 Å². The number of anilines is 2. The zero-order valence-corrected chi connectivity index (χ0v) is 8.99. The van der Waals surface area contributed by atoms with Gasteiger partial charge in [0.1, 0.15) is 5.82 Å². The molecule has 82 valence electrons. The average Bonchev–Trinajstić information content (AvgIpc) is 2.73. The highest BCUT2D eigenvalue weighted by Gasteiger charge is 2.14. The van der Waals surface area contributed by atoms with Gasteiger partial charge in [0.25, 0.3) is 0 Å². The molecule has 0 amide bonds. The summed E-state index contributed by atoms with van der Waals surface area (Å²) < 4.78 is 5.51. The predicted molar refractivity (Wildman–Crippen MR) is 60.9 cm³/mol. The van der Waals surface area contributed by atoms with E-state index in [1.54, 1.807) is 6.20 Å². The summed E-state index contributed by atoms with van der Waals surface area (Å²) in [5.41, 5.74) is 7.58. The van der Waals surface area contributed by atoms with Crippen LogP contribution in [0.4, 0.5) is 11.5 Å². The molecule has 4 heteroatoms. The SMILES string of the molecule is Cc1cnc(NCC2CCCO2)cc1N. The number of rotatable bonds is 3. The van der Waals surface area contributed by atoms with Gasteiger partial charge in [0, 0.05) is 31.1 Å². The minimum atomic E-state index is 0.328. The number of hydrogen-bond donors (Lipinski definition) is 2. The second kappa shape index (κ2) is 4.49. The Bertz CT molecular complexity index is 335. The van der Waals surface area contributed by atoms with Gasteiger partial charge >= 0.3 is 0 Å². The number of nitrogens with two attached hydrogens (primary N) is 1. The van der Waals surface area contributed by atoms with E-state index in [0.29, 0.717) is 6.10 Å². The molecule has 2 rings (SSSR count). The number of nitrogens with zero attached hydrogens (tertiary/aromatic N) is 1. The lowest BCUT2D eigenvalue weighted by Crippen LogP contribution is -2.19. The second-order valence-corrected chi connectivity index (χ2v) is 3.94. The summed E-state index contributed by atoms with van der Waals surface area (Å²) in [6.07, 6.45) is 4.41. The van der Waals surface area contributed by atoms with Crippen LogP contribution in [-0.4, -0.2) is 24.2 Å². The molecule has 1 aromatic rings. The number of nitrogens with one attached hydrogen (secondary N) is 1. The molecule has 0 aliphatic carbocycles. The van der Waals surface area contributed by atoms with Gasteiger partial charge in [-0.3, -0.25) is 0 Å². The van der Waals surface area contributed by atoms with E-state index in [9.17, 15) is 0 Å². The Kier molecular flexibility index (Phi) is 3.06. The fourth-order valence-electron chi connectivity index (χ4n) is 1.66. The molecule has 1 saturated heterocycles. The third-order valence-corrected chi connectivity index (χ3v) is 2.68. The van der Waals surface area contributed by atoms with Gasteiger partial charge in [-0.1, -0.05) is 0 Å². The van der Waals surface area contributed by atoms with Crippen molar-refractivity contribution < 1.29 is 4.74 Å². The summed E-state index contributed by atoms with van der Waals surface area (Å²) in [6.45, 7) is 3.65. The molecule has 0 radical (unpaired) electrons. The third kappa shape index (κ3) is 2.59. The first kappa shape index (κ1) is 10.2. The number of aryl methyl sites for hydroxylation is 1. The molecule has 2 heterocycles. The van der Waals surface area contributed by atoms with Crippen molar-refractivity contribution in [3.63, 3.8) is 0 Å². The lowest BCUT2D eigenvalue weighted by Gasteiger charge is -2.11. The minimum Gasteiger partial charge on any atom is -0.398 e. The van der Waals surface area contributed by atoms with Crippen molar-refractivity contribution in [2.24, 2.45) is 0 Å². The van der Waals surface area contributed by atoms with E-state index >= 15 is 0 Å². The molecule has 15 heavy (non-hydrogen) atoms. The molecule has 1 fully saturated rings. The maximum Gasteiger partial charge on any atom is 0.128 e. The monoisotopic (exact) mass is 207 g/mol. The standard InChI is InChI=1S/C11H17N3O/c1-8-6-13-11(5-10(8)12)14-7-9-3-2-4-15-9/h5-6,9H,2-4,7H2,1H3,(H3,12,13,14). The summed E-state index contributed by atoms with van der Waals surface area (Å²) in [6, 6.07) is 1.87. The van der Waals surface area contributed by atoms with Crippen LogP contribution in [0.25, 0.3) is 0 Å². The van der Waals surface area contributed by atoms with Crippen LogP contribution in [0.3, 0.4) is 0 Å². The largest absolute Gasteiger partial charge is 0.398 e. The van der Waals surface area contributed by atoms with Crippen LogP contribution in [0.1, 0.15) is 18.4 Å². The average molecular weight is 207 g/mol. The van der Waals surface area contributed by atoms with Crippen LogP contribution in [0.15, 0.2) is 12.3 Å². The van der Waals surface area contributed by atoms with Crippen molar-refractivity contribution in [1.82, 2.24) is 4.98 Å². The summed E-state index contributed by atoms with van der Waals surface area (Å²) in [4.78, 5) is 4.25. The molecule has 3 N–H and O–H groups in total. The molecule has 1 unspecified atom stereocenters. The van der Waals surface area contributed by atoms with Crippen molar-refractivity contribution >= 4 is 11.5 Å². The highest BCUT2D eigenvalue weighted by Crippen LogP contribution is 2.16. The first-order valence-electron chi connectivity index (χ1n) is 5.33. The molecule has 1 aromatic heterocycles. The maximum absolute atomic E-state index is 5.79. The zero-order valence-electron chi connectivity index (χ0n) is 8.99. The van der Waals surface area contributed by atoms with Gasteiger partial charge in [-0.2, -0.15) is 0 Å². The summed E-state index contributed by atoms with van der Waals surface area (Å²) in [5, 5.41) is 3.24. The van der Waals surface area contributed by atoms with E-state index in [1.165, 1.54) is 0 Å². The number of pyridine rings is 1. The Morgan fingerprint density at radius 1 is 1.67 bits per heavy atom. The van der Waals surface area contributed by atoms with Crippen LogP contribution < -0.4 is 11.1 Å². The normalized spacial score (nSPS) is 20.5. The van der Waals surface area contributed by atoms with Crippen molar-refractivity contribution in [2.75, 3.05) is 24.2 Å². The van der Waals surface area contributed by atoms with Gasteiger partial charge in [0.15, 0.2) is 0 Å². The number of ether oxygens (including phenoxy) is 1. The molecule has 1 aliphatic rings. The van der Waals surface area contributed by atoms with Crippen LogP contribution in [0, 0.1) is 6.92 Å². The summed E-state index contributed by atoms with van der Waals surface area (Å²) in [7, 11) is 0. The van der Waals surface area contributed by atoms with Crippen molar-refractivity contribution in [1.29, 1.82) is 0 Å². The van der Waals surface area contributed by atoms with E-state index < -0.39 is 0 Å². The van der Waals surface area contributed by atoms with Crippen molar-refractivity contribution in [3.8, 4) is 0 Å². The van der Waals surface area contributed by atoms with Crippen LogP contribution in [0.2, 0.25) is 0 Å². The number of hydrogen-bond acceptors (Lipinski definition) is 4. The smallest absolute Gasteiger partial charge is 0.128 e. The molecule has 4 nitrogen and oxygen atoms in total. The molecular formula is C11H17N3O. The topological polar surface area (TPSA) is 60.2 Å². The molecule has 1 atom stereocenters. The highest BCUT2D eigenvalue weighted by molar-refractivity contribution is 5.53. The Morgan fingerprint density at radius 2 is 2.53 bits per heavy atom. The van der Waals surface area contributed by atoms with Gasteiger partial charge in [0.05, 0.1) is 6.10 Å². The molecule has 1 aliphatic heterocycles. The van der Waals surface area contributed by atoms with E-state index in [2.05, 4.69) is 10.3 Å². The Morgan fingerprint density at radius 3 is 3.20 bits per heavy atom. The second-order valence-electron chi connectivity index (χ2n) is 3.94. The van der Waals surface area contributed by atoms with E-state index in [0.717, 1.165) is 43.1 Å². The lowest BCUT2D eigenvalue weighted by atomic mass is 10.2. The number of nitrogen functional groups attached to an aromatic ring is 1. The van der Waals surface area contributed by atoms with Gasteiger partial charge in [0.2, 0.25) is 0 Å². The Labute approximate surface area is 89.8 Å². The van der Waals surface area contributed by atoms with Crippen LogP contribution in [0.5, 0.6) is 0 Å². The van der Waals surface area contributed by atoms with Gasteiger partial charge in [-0.05, 0) is 25.3 Å². The first-order valence-corrected chi connectivity index (χ1v) is 5.33. The minimum absolute atomic E-state index is 0.328. The predicted octanol–water partition coefficient (Wildman–Crippen LogP) is 1.56. The molecular weight excluding hydrogens is 190 g/mol. The number of aromatic nitrogens is 1. The molecule has 0 spiro atoms. The highest BCUT2D eigenvalue weighted by atomic mass is 16.5. The molecule has 0 aromatic carbocycles. The Hall–Kier alpha value is -1.29. The van der Waals surface area contributed by atoms with Gasteiger partial charge in [-0.15, -0.1) is 0 Å². The fraction of sp³-hybridized carbons (Fsp3) is 0.545. The third-order valence-electron chi connectivity index (χ3n) is 2.68. The summed E-state index contributed by atoms with van der Waals surface area (Å²) >= 11 is 0. The van der Waals surface area contributed by atoms with Gasteiger partial charge < -0.3 is 15.8 Å². The quantitative estimate of drug-likeness (QED) is 0.789. The maximum atomic E-state index is 5.79. The van der Waals surface area contributed by atoms with Crippen LogP contribution >= 0.6 is 0 Å². The van der Waals surface area contributed by atoms with Crippen molar-refractivity contribution in [2.45, 2.75) is 25.9 Å². The molecule has 0 saturated carbocycles. The van der Waals surface area contributed by atoms with Crippen molar-refractivity contribution in [3.05, 3.63) is 17.8 Å². The van der Waals surface area contributed by atoms with Gasteiger partial charge in [-0.25, -0.2) is 4.98 Å². The first-order chi connectivity index (χ1) is 7.25. The fourth-order valence-corrected chi connectivity index (χ4v) is 1.66.